The molecule has 0 fully saturated rings. The molecule has 0 aliphatic rings. The maximum atomic E-state index is 12.3. The van der Waals surface area contributed by atoms with E-state index in [4.69, 9.17) is 5.11 Å². The molecule has 0 aliphatic heterocycles. The number of nitrogens with one attached hydrogen (secondary N) is 1. The largest absolute Gasteiger partial charge is 0.394 e. The van der Waals surface area contributed by atoms with Gasteiger partial charge in [-0.3, -0.25) is 18.7 Å². The Balaban J connectivity index is 2.08. The lowest BCUT2D eigenvalue weighted by Crippen LogP contribution is -2.46. The van der Waals surface area contributed by atoms with E-state index in [0.29, 0.717) is 6.21 Å². The van der Waals surface area contributed by atoms with E-state index in [1.165, 1.54) is 14.1 Å². The molecule has 4 atom stereocenters. The van der Waals surface area contributed by atoms with Gasteiger partial charge in [0.05, 0.1) is 12.8 Å². The Labute approximate surface area is 161 Å². The summed E-state index contributed by atoms with van der Waals surface area (Å²) in [4.78, 5) is 36.1. The molecule has 0 saturated heterocycles. The summed E-state index contributed by atoms with van der Waals surface area (Å²) in [5, 5.41) is 57.5. The van der Waals surface area contributed by atoms with Gasteiger partial charge < -0.3 is 25.5 Å². The second-order valence-electron chi connectivity index (χ2n) is 6.16. The lowest BCUT2D eigenvalue weighted by molar-refractivity contribution is -0.121. The standard InChI is InChI=1S/C14H21N7O8/c1-19-12-9(13(28)20(2)14(19)29)21(18-17-12)4-8(25)16-15-3-6(23)10(26)11(27)7(24)5-22/h3,6-7,10-11,22-24,26-27H,4-5H2,1-2H3,(H,16,25)/b15-3+/t6-,7-,10-,11-/m1/s1. The van der Waals surface area contributed by atoms with E-state index in [-0.39, 0.29) is 11.2 Å². The molecule has 0 spiro atoms. The van der Waals surface area contributed by atoms with Gasteiger partial charge in [0.25, 0.3) is 11.5 Å². The molecule has 29 heavy (non-hydrogen) atoms. The molecule has 0 aromatic carbocycles. The quantitative estimate of drug-likeness (QED) is 0.177. The number of carbonyl (C=O) groups excluding carboxylic acids is 1. The van der Waals surface area contributed by atoms with E-state index in [1.807, 2.05) is 5.43 Å². The zero-order chi connectivity index (χ0) is 21.9. The number of aliphatic hydroxyl groups excluding tert-OH is 5. The minimum atomic E-state index is -1.87. The highest BCUT2D eigenvalue weighted by Crippen LogP contribution is 2.04. The second kappa shape index (κ2) is 9.01. The average Bonchev–Trinajstić information content (AvgIpc) is 3.12. The van der Waals surface area contributed by atoms with Gasteiger partial charge >= 0.3 is 5.69 Å². The molecule has 2 aromatic rings. The minimum absolute atomic E-state index is 0.00984. The van der Waals surface area contributed by atoms with Crippen molar-refractivity contribution in [1.29, 1.82) is 0 Å². The molecule has 1 amide bonds. The zero-order valence-corrected chi connectivity index (χ0v) is 15.4. The van der Waals surface area contributed by atoms with Gasteiger partial charge in [0.2, 0.25) is 0 Å². The first kappa shape index (κ1) is 22.3. The van der Waals surface area contributed by atoms with Crippen LogP contribution in [0.25, 0.3) is 11.2 Å². The maximum Gasteiger partial charge on any atom is 0.332 e. The predicted molar refractivity (Wildman–Crippen MR) is 95.8 cm³/mol. The topological polar surface area (TPSA) is 217 Å². The number of carbonyl (C=O) groups is 1. The summed E-state index contributed by atoms with van der Waals surface area (Å²) < 4.78 is 2.90. The fourth-order valence-corrected chi connectivity index (χ4v) is 2.39. The van der Waals surface area contributed by atoms with Gasteiger partial charge in [-0.1, -0.05) is 5.21 Å². The first-order valence-corrected chi connectivity index (χ1v) is 8.24. The number of aromatic nitrogens is 5. The van der Waals surface area contributed by atoms with Crippen molar-refractivity contribution in [2.45, 2.75) is 31.0 Å². The molecule has 160 valence electrons. The van der Waals surface area contributed by atoms with Crippen molar-refractivity contribution in [2.75, 3.05) is 6.61 Å². The second-order valence-corrected chi connectivity index (χ2v) is 6.16. The Kier molecular flexibility index (Phi) is 6.93. The first-order chi connectivity index (χ1) is 13.6. The number of rotatable bonds is 8. The molecule has 0 radical (unpaired) electrons. The van der Waals surface area contributed by atoms with Crippen molar-refractivity contribution in [3.63, 3.8) is 0 Å². The molecular formula is C14H21N7O8. The van der Waals surface area contributed by atoms with Crippen molar-refractivity contribution in [1.82, 2.24) is 29.6 Å². The molecule has 2 heterocycles. The van der Waals surface area contributed by atoms with Crippen LogP contribution in [0.3, 0.4) is 0 Å². The number of aliphatic hydroxyl groups is 5. The molecule has 0 saturated carbocycles. The van der Waals surface area contributed by atoms with E-state index in [1.54, 1.807) is 0 Å². The van der Waals surface area contributed by atoms with Crippen molar-refractivity contribution in [2.24, 2.45) is 19.2 Å². The van der Waals surface area contributed by atoms with E-state index < -0.39 is 54.7 Å². The van der Waals surface area contributed by atoms with Gasteiger partial charge in [-0.15, -0.1) is 5.10 Å². The highest BCUT2D eigenvalue weighted by atomic mass is 16.4. The molecule has 15 nitrogen and oxygen atoms in total. The molecule has 2 rings (SSSR count). The Morgan fingerprint density at radius 1 is 1.17 bits per heavy atom. The SMILES string of the molecule is Cn1c(=O)c2c(nnn2CC(=O)N/N=C/[C@@H](O)[C@@H](O)[C@H](O)[C@H](O)CO)n(C)c1=O. The molecule has 15 heteroatoms. The number of fused-ring (bicyclic) bond motifs is 1. The van der Waals surface area contributed by atoms with Gasteiger partial charge in [-0.2, -0.15) is 5.10 Å². The molecule has 6 N–H and O–H groups in total. The third kappa shape index (κ3) is 4.54. The number of aryl methyl sites for hydroxylation is 1. The number of nitrogens with zero attached hydrogens (tertiary/aromatic N) is 6. The summed E-state index contributed by atoms with van der Waals surface area (Å²) in [5.41, 5.74) is 0.623. The van der Waals surface area contributed by atoms with Crippen LogP contribution < -0.4 is 16.7 Å². The summed E-state index contributed by atoms with van der Waals surface area (Å²) >= 11 is 0. The van der Waals surface area contributed by atoms with Crippen LogP contribution in [0.15, 0.2) is 14.7 Å². The van der Waals surface area contributed by atoms with Gasteiger partial charge in [0.1, 0.15) is 31.0 Å². The van der Waals surface area contributed by atoms with E-state index >= 15 is 0 Å². The summed E-state index contributed by atoms with van der Waals surface area (Å²) in [5.74, 6) is -0.776. The lowest BCUT2D eigenvalue weighted by atomic mass is 10.0. The molecule has 0 aliphatic carbocycles. The Bertz CT molecular complexity index is 1030. The number of amides is 1. The number of hydrogen-bond donors (Lipinski definition) is 6. The smallest absolute Gasteiger partial charge is 0.332 e. The Hall–Kier alpha value is -2.98. The molecule has 0 bridgehead atoms. The minimum Gasteiger partial charge on any atom is -0.394 e. The van der Waals surface area contributed by atoms with Crippen LogP contribution in [0.4, 0.5) is 0 Å². The summed E-state index contributed by atoms with van der Waals surface area (Å²) in [6.07, 6.45) is -6.47. The average molecular weight is 415 g/mol. The van der Waals surface area contributed by atoms with Crippen LogP contribution in [0.5, 0.6) is 0 Å². The summed E-state index contributed by atoms with van der Waals surface area (Å²) in [6.45, 7) is -1.33. The van der Waals surface area contributed by atoms with Gasteiger partial charge in [0.15, 0.2) is 11.2 Å². The molecule has 0 unspecified atom stereocenters. The van der Waals surface area contributed by atoms with Crippen LogP contribution in [0, 0.1) is 0 Å². The fourth-order valence-electron chi connectivity index (χ4n) is 2.39. The summed E-state index contributed by atoms with van der Waals surface area (Å²) in [7, 11) is 2.66. The monoisotopic (exact) mass is 415 g/mol. The Morgan fingerprint density at radius 2 is 1.83 bits per heavy atom. The zero-order valence-electron chi connectivity index (χ0n) is 15.4. The van der Waals surface area contributed by atoms with Crippen LogP contribution in [-0.4, -0.2) is 92.8 Å². The first-order valence-electron chi connectivity index (χ1n) is 8.24. The summed E-state index contributed by atoms with van der Waals surface area (Å²) in [6, 6.07) is 0. The van der Waals surface area contributed by atoms with E-state index in [0.717, 1.165) is 13.8 Å². The highest BCUT2D eigenvalue weighted by molar-refractivity contribution is 5.79. The van der Waals surface area contributed by atoms with E-state index in [2.05, 4.69) is 15.4 Å². The third-order valence-electron chi connectivity index (χ3n) is 4.11. The maximum absolute atomic E-state index is 12.3. The van der Waals surface area contributed by atoms with Gasteiger partial charge in [-0.25, -0.2) is 14.9 Å². The van der Waals surface area contributed by atoms with Crippen LogP contribution in [0.2, 0.25) is 0 Å². The molecule has 2 aromatic heterocycles. The normalized spacial score (nSPS) is 16.1. The van der Waals surface area contributed by atoms with E-state index in [9.17, 15) is 34.8 Å². The molecular weight excluding hydrogens is 394 g/mol. The highest BCUT2D eigenvalue weighted by Gasteiger charge is 2.29. The van der Waals surface area contributed by atoms with Crippen LogP contribution in [-0.2, 0) is 25.4 Å². The number of hydrogen-bond acceptors (Lipinski definition) is 11. The van der Waals surface area contributed by atoms with Crippen LogP contribution >= 0.6 is 0 Å². The van der Waals surface area contributed by atoms with Gasteiger partial charge in [0, 0.05) is 14.1 Å². The third-order valence-corrected chi connectivity index (χ3v) is 4.11. The Morgan fingerprint density at radius 3 is 2.45 bits per heavy atom. The van der Waals surface area contributed by atoms with Crippen molar-refractivity contribution in [3.8, 4) is 0 Å². The van der Waals surface area contributed by atoms with Crippen LogP contribution in [0.1, 0.15) is 0 Å². The number of hydrazone groups is 1. The fraction of sp³-hybridized carbons (Fsp3) is 0.571. The van der Waals surface area contributed by atoms with Crippen molar-refractivity contribution < 1.29 is 30.3 Å². The predicted octanol–water partition coefficient (Wildman–Crippen LogP) is -5.63. The lowest BCUT2D eigenvalue weighted by Gasteiger charge is -2.23. The van der Waals surface area contributed by atoms with Crippen molar-refractivity contribution in [3.05, 3.63) is 20.8 Å². The van der Waals surface area contributed by atoms with Gasteiger partial charge in [-0.05, 0) is 0 Å². The van der Waals surface area contributed by atoms with Crippen molar-refractivity contribution >= 4 is 23.3 Å².